The van der Waals surface area contributed by atoms with Gasteiger partial charge in [-0.3, -0.25) is 4.79 Å². The molecule has 28 heavy (non-hydrogen) atoms. The van der Waals surface area contributed by atoms with Crippen LogP contribution < -0.4 is 15.5 Å². The minimum atomic E-state index is -0.319. The summed E-state index contributed by atoms with van der Waals surface area (Å²) >= 11 is 3.39. The minimum Gasteiger partial charge on any atom is -0.339 e. The van der Waals surface area contributed by atoms with Crippen LogP contribution in [0, 0.1) is 6.92 Å². The highest BCUT2D eigenvalue weighted by Gasteiger charge is 2.22. The lowest BCUT2D eigenvalue weighted by atomic mass is 10.2. The molecule has 3 rings (SSSR count). The SMILES string of the molecule is Cc1ccc(Br)cc1NC(=O)NCCC(=O)N1CCN(c2ncccn2)CC1. The molecule has 0 radical (unpaired) electrons. The van der Waals surface area contributed by atoms with Crippen molar-refractivity contribution in [2.45, 2.75) is 13.3 Å². The quantitative estimate of drug-likeness (QED) is 0.735. The van der Waals surface area contributed by atoms with E-state index in [0.29, 0.717) is 38.7 Å². The average molecular weight is 447 g/mol. The Hall–Kier alpha value is -2.68. The molecule has 0 saturated carbocycles. The standard InChI is InChI=1S/C19H23BrN6O2/c1-14-3-4-15(20)13-16(14)24-19(28)23-8-5-17(27)25-9-11-26(12-10-25)18-21-6-2-7-22-18/h2-4,6-7,13H,5,8-12H2,1H3,(H2,23,24,28). The second-order valence-corrected chi connectivity index (χ2v) is 7.42. The number of piperazine rings is 1. The molecular formula is C19H23BrN6O2. The molecule has 1 aromatic carbocycles. The average Bonchev–Trinajstić information content (AvgIpc) is 2.71. The fourth-order valence-electron chi connectivity index (χ4n) is 2.95. The highest BCUT2D eigenvalue weighted by atomic mass is 79.9. The van der Waals surface area contributed by atoms with Gasteiger partial charge in [0.15, 0.2) is 0 Å². The van der Waals surface area contributed by atoms with Gasteiger partial charge in [0.25, 0.3) is 0 Å². The normalized spacial score (nSPS) is 13.9. The Morgan fingerprint density at radius 1 is 1.14 bits per heavy atom. The molecular weight excluding hydrogens is 424 g/mol. The van der Waals surface area contributed by atoms with Gasteiger partial charge >= 0.3 is 6.03 Å². The van der Waals surface area contributed by atoms with Crippen LogP contribution in [0.3, 0.4) is 0 Å². The predicted molar refractivity (Wildman–Crippen MR) is 111 cm³/mol. The zero-order chi connectivity index (χ0) is 19.9. The molecule has 0 aliphatic carbocycles. The third kappa shape index (κ3) is 5.41. The molecule has 148 valence electrons. The van der Waals surface area contributed by atoms with Gasteiger partial charge in [0.1, 0.15) is 0 Å². The van der Waals surface area contributed by atoms with Gasteiger partial charge in [-0.25, -0.2) is 14.8 Å². The highest BCUT2D eigenvalue weighted by molar-refractivity contribution is 9.10. The number of nitrogens with one attached hydrogen (secondary N) is 2. The lowest BCUT2D eigenvalue weighted by Crippen LogP contribution is -2.49. The molecule has 1 saturated heterocycles. The van der Waals surface area contributed by atoms with E-state index in [-0.39, 0.29) is 18.4 Å². The molecule has 0 unspecified atom stereocenters. The molecule has 0 bridgehead atoms. The van der Waals surface area contributed by atoms with Crippen molar-refractivity contribution in [2.75, 3.05) is 42.9 Å². The maximum Gasteiger partial charge on any atom is 0.319 e. The summed E-state index contributed by atoms with van der Waals surface area (Å²) in [5.74, 6) is 0.725. The molecule has 0 spiro atoms. The maximum atomic E-state index is 12.4. The van der Waals surface area contributed by atoms with Gasteiger partial charge in [-0.05, 0) is 30.7 Å². The number of aryl methyl sites for hydroxylation is 1. The highest BCUT2D eigenvalue weighted by Crippen LogP contribution is 2.20. The van der Waals surface area contributed by atoms with Crippen molar-refractivity contribution in [3.63, 3.8) is 0 Å². The fourth-order valence-corrected chi connectivity index (χ4v) is 3.31. The Morgan fingerprint density at radius 2 is 1.86 bits per heavy atom. The number of rotatable bonds is 5. The number of aromatic nitrogens is 2. The van der Waals surface area contributed by atoms with E-state index in [1.54, 1.807) is 18.5 Å². The van der Waals surface area contributed by atoms with Crippen molar-refractivity contribution in [1.29, 1.82) is 0 Å². The summed E-state index contributed by atoms with van der Waals surface area (Å²) in [4.78, 5) is 36.8. The summed E-state index contributed by atoms with van der Waals surface area (Å²) in [6, 6.07) is 7.14. The molecule has 8 nitrogen and oxygen atoms in total. The summed E-state index contributed by atoms with van der Waals surface area (Å²) in [6.45, 7) is 4.87. The van der Waals surface area contributed by atoms with Crippen molar-refractivity contribution >= 4 is 39.5 Å². The number of urea groups is 1. The van der Waals surface area contributed by atoms with Crippen LogP contribution in [0.4, 0.5) is 16.4 Å². The van der Waals surface area contributed by atoms with E-state index in [0.717, 1.165) is 15.7 Å². The van der Waals surface area contributed by atoms with Crippen LogP contribution in [0.2, 0.25) is 0 Å². The molecule has 9 heteroatoms. The minimum absolute atomic E-state index is 0.0348. The molecule has 0 atom stereocenters. The molecule has 1 aromatic heterocycles. The van der Waals surface area contributed by atoms with Crippen LogP contribution in [0.1, 0.15) is 12.0 Å². The van der Waals surface area contributed by atoms with E-state index in [9.17, 15) is 9.59 Å². The summed E-state index contributed by atoms with van der Waals surface area (Å²) < 4.78 is 0.892. The second-order valence-electron chi connectivity index (χ2n) is 6.51. The summed E-state index contributed by atoms with van der Waals surface area (Å²) in [5.41, 5.74) is 1.70. The molecule has 1 aliphatic rings. The van der Waals surface area contributed by atoms with Crippen LogP contribution in [-0.4, -0.2) is 59.5 Å². The first kappa shape index (κ1) is 20.1. The first-order valence-corrected chi connectivity index (χ1v) is 9.93. The van der Waals surface area contributed by atoms with E-state index in [1.165, 1.54) is 0 Å². The van der Waals surface area contributed by atoms with Gasteiger partial charge < -0.3 is 20.4 Å². The van der Waals surface area contributed by atoms with Crippen molar-refractivity contribution in [3.05, 3.63) is 46.7 Å². The Kier molecular flexibility index (Phi) is 6.80. The lowest BCUT2D eigenvalue weighted by molar-refractivity contribution is -0.131. The largest absolute Gasteiger partial charge is 0.339 e. The van der Waals surface area contributed by atoms with Gasteiger partial charge in [0, 0.05) is 61.7 Å². The van der Waals surface area contributed by atoms with E-state index in [1.807, 2.05) is 30.0 Å². The zero-order valence-corrected chi connectivity index (χ0v) is 17.3. The molecule has 2 N–H and O–H groups in total. The number of carbonyl (C=O) groups is 2. The zero-order valence-electron chi connectivity index (χ0n) is 15.7. The number of nitrogens with zero attached hydrogens (tertiary/aromatic N) is 4. The molecule has 1 aliphatic heterocycles. The predicted octanol–water partition coefficient (Wildman–Crippen LogP) is 2.41. The van der Waals surface area contributed by atoms with Crippen molar-refractivity contribution < 1.29 is 9.59 Å². The first-order valence-electron chi connectivity index (χ1n) is 9.13. The van der Waals surface area contributed by atoms with Crippen molar-refractivity contribution in [2.24, 2.45) is 0 Å². The van der Waals surface area contributed by atoms with Crippen LogP contribution in [0.5, 0.6) is 0 Å². The number of amides is 3. The van der Waals surface area contributed by atoms with E-state index in [4.69, 9.17) is 0 Å². The van der Waals surface area contributed by atoms with Crippen LogP contribution in [0.15, 0.2) is 41.1 Å². The number of carbonyl (C=O) groups excluding carboxylic acids is 2. The van der Waals surface area contributed by atoms with Crippen LogP contribution in [-0.2, 0) is 4.79 Å². The molecule has 2 aromatic rings. The Bertz CT molecular complexity index is 824. The Balaban J connectivity index is 1.39. The fraction of sp³-hybridized carbons (Fsp3) is 0.368. The van der Waals surface area contributed by atoms with E-state index in [2.05, 4.69) is 41.4 Å². The molecule has 2 heterocycles. The molecule has 3 amide bonds. The number of anilines is 2. The second kappa shape index (κ2) is 9.50. The smallest absolute Gasteiger partial charge is 0.319 e. The summed E-state index contributed by atoms with van der Waals surface area (Å²) in [5, 5.41) is 5.54. The first-order chi connectivity index (χ1) is 13.5. The Labute approximate surface area is 172 Å². The van der Waals surface area contributed by atoms with Crippen LogP contribution >= 0.6 is 15.9 Å². The third-order valence-corrected chi connectivity index (χ3v) is 5.03. The Morgan fingerprint density at radius 3 is 2.57 bits per heavy atom. The van der Waals surface area contributed by atoms with Crippen LogP contribution in [0.25, 0.3) is 0 Å². The van der Waals surface area contributed by atoms with Gasteiger partial charge in [-0.15, -0.1) is 0 Å². The third-order valence-electron chi connectivity index (χ3n) is 4.54. The van der Waals surface area contributed by atoms with Gasteiger partial charge in [-0.1, -0.05) is 22.0 Å². The summed E-state index contributed by atoms with van der Waals surface area (Å²) in [7, 11) is 0. The number of hydrogen-bond acceptors (Lipinski definition) is 5. The number of benzene rings is 1. The molecule has 1 fully saturated rings. The maximum absolute atomic E-state index is 12.4. The van der Waals surface area contributed by atoms with Crippen molar-refractivity contribution in [1.82, 2.24) is 20.2 Å². The van der Waals surface area contributed by atoms with Gasteiger partial charge in [0.2, 0.25) is 11.9 Å². The van der Waals surface area contributed by atoms with E-state index >= 15 is 0 Å². The van der Waals surface area contributed by atoms with Crippen molar-refractivity contribution in [3.8, 4) is 0 Å². The van der Waals surface area contributed by atoms with Gasteiger partial charge in [-0.2, -0.15) is 0 Å². The number of halogens is 1. The topological polar surface area (TPSA) is 90.5 Å². The van der Waals surface area contributed by atoms with E-state index < -0.39 is 0 Å². The number of hydrogen-bond donors (Lipinski definition) is 2. The lowest BCUT2D eigenvalue weighted by Gasteiger charge is -2.34. The van der Waals surface area contributed by atoms with Gasteiger partial charge in [0.05, 0.1) is 0 Å². The monoisotopic (exact) mass is 446 g/mol. The summed E-state index contributed by atoms with van der Waals surface area (Å²) in [6.07, 6.45) is 3.70.